The van der Waals surface area contributed by atoms with Crippen molar-refractivity contribution in [2.45, 2.75) is 13.8 Å². The summed E-state index contributed by atoms with van der Waals surface area (Å²) in [5.74, 6) is -0.215. The van der Waals surface area contributed by atoms with E-state index in [1.807, 2.05) is 74.5 Å². The van der Waals surface area contributed by atoms with E-state index in [0.717, 1.165) is 22.3 Å². The van der Waals surface area contributed by atoms with E-state index in [-0.39, 0.29) is 12.5 Å². The minimum atomic E-state index is -0.438. The molecule has 0 aliphatic rings. The Kier molecular flexibility index (Phi) is 6.07. The summed E-state index contributed by atoms with van der Waals surface area (Å²) >= 11 is 0. The largest absolute Gasteiger partial charge is 0.484 e. The van der Waals surface area contributed by atoms with Crippen LogP contribution in [0.4, 0.5) is 0 Å². The quantitative estimate of drug-likeness (QED) is 0.668. The van der Waals surface area contributed by atoms with Crippen LogP contribution in [-0.2, 0) is 4.79 Å². The predicted molar refractivity (Wildman–Crippen MR) is 109 cm³/mol. The third-order valence-corrected chi connectivity index (χ3v) is 4.42. The molecule has 3 aromatic carbocycles. The second-order valence-electron chi connectivity index (χ2n) is 6.48. The van der Waals surface area contributed by atoms with Crippen LogP contribution in [0.25, 0.3) is 11.1 Å². The maximum atomic E-state index is 12.2. The number of ether oxygens (including phenoxy) is 1. The highest BCUT2D eigenvalue weighted by molar-refractivity contribution is 5.95. The minimum absolute atomic E-state index is 0.185. The Balaban J connectivity index is 1.49. The molecule has 142 valence electrons. The number of benzene rings is 3. The summed E-state index contributed by atoms with van der Waals surface area (Å²) in [7, 11) is 0. The highest BCUT2D eigenvalue weighted by Crippen LogP contribution is 2.19. The molecule has 0 fully saturated rings. The topological polar surface area (TPSA) is 67.4 Å². The van der Waals surface area contributed by atoms with Gasteiger partial charge in [-0.25, -0.2) is 0 Å². The molecular formula is C23H22N2O3. The van der Waals surface area contributed by atoms with Gasteiger partial charge < -0.3 is 4.74 Å². The molecule has 3 rings (SSSR count). The fourth-order valence-electron chi connectivity index (χ4n) is 2.63. The summed E-state index contributed by atoms with van der Waals surface area (Å²) in [6, 6.07) is 22.7. The molecule has 3 aromatic rings. The Bertz CT molecular complexity index is 967. The van der Waals surface area contributed by atoms with Crippen molar-refractivity contribution in [2.75, 3.05) is 6.61 Å². The summed E-state index contributed by atoms with van der Waals surface area (Å²) in [5.41, 5.74) is 9.54. The van der Waals surface area contributed by atoms with Gasteiger partial charge in [-0.3, -0.25) is 20.4 Å². The van der Waals surface area contributed by atoms with Gasteiger partial charge in [-0.2, -0.15) is 0 Å². The van der Waals surface area contributed by atoms with E-state index >= 15 is 0 Å². The molecule has 0 spiro atoms. The zero-order chi connectivity index (χ0) is 19.9. The molecule has 2 amide bonds. The van der Waals surface area contributed by atoms with E-state index in [4.69, 9.17) is 4.74 Å². The second kappa shape index (κ2) is 8.86. The standard InChI is InChI=1S/C23H22N2O3/c1-16-8-13-21(14-17(16)2)28-15-22(26)24-25-23(27)20-11-9-19(10-12-20)18-6-4-3-5-7-18/h3-14H,15H2,1-2H3,(H,24,26)(H,25,27). The molecule has 0 aromatic heterocycles. The summed E-state index contributed by atoms with van der Waals surface area (Å²) < 4.78 is 5.44. The average Bonchev–Trinajstić information content (AvgIpc) is 2.73. The molecule has 0 saturated carbocycles. The molecule has 0 atom stereocenters. The number of rotatable bonds is 5. The Labute approximate surface area is 164 Å². The number of carbonyl (C=O) groups is 2. The number of nitrogens with one attached hydrogen (secondary N) is 2. The van der Waals surface area contributed by atoms with Crippen LogP contribution in [0.1, 0.15) is 21.5 Å². The van der Waals surface area contributed by atoms with Crippen molar-refractivity contribution < 1.29 is 14.3 Å². The van der Waals surface area contributed by atoms with Crippen molar-refractivity contribution in [2.24, 2.45) is 0 Å². The number of hydrazine groups is 1. The van der Waals surface area contributed by atoms with Crippen LogP contribution in [0, 0.1) is 13.8 Å². The molecular weight excluding hydrogens is 352 g/mol. The monoisotopic (exact) mass is 374 g/mol. The van der Waals surface area contributed by atoms with Gasteiger partial charge in [0, 0.05) is 5.56 Å². The Morgan fingerprint density at radius 1 is 0.786 bits per heavy atom. The summed E-state index contributed by atoms with van der Waals surface area (Å²) in [6.45, 7) is 3.80. The van der Waals surface area contributed by atoms with Crippen LogP contribution in [0.5, 0.6) is 5.75 Å². The first kappa shape index (κ1) is 19.2. The van der Waals surface area contributed by atoms with E-state index in [1.165, 1.54) is 0 Å². The van der Waals surface area contributed by atoms with E-state index in [1.54, 1.807) is 12.1 Å². The van der Waals surface area contributed by atoms with Gasteiger partial charge in [-0.05, 0) is 60.4 Å². The van der Waals surface area contributed by atoms with E-state index in [9.17, 15) is 9.59 Å². The Hall–Kier alpha value is -3.60. The maximum absolute atomic E-state index is 12.2. The van der Waals surface area contributed by atoms with Crippen molar-refractivity contribution in [1.29, 1.82) is 0 Å². The number of aryl methyl sites for hydroxylation is 2. The van der Waals surface area contributed by atoms with Crippen LogP contribution >= 0.6 is 0 Å². The first-order valence-electron chi connectivity index (χ1n) is 8.97. The van der Waals surface area contributed by atoms with Crippen LogP contribution in [0.2, 0.25) is 0 Å². The lowest BCUT2D eigenvalue weighted by molar-refractivity contribution is -0.123. The molecule has 5 heteroatoms. The number of carbonyl (C=O) groups excluding carboxylic acids is 2. The van der Waals surface area contributed by atoms with Gasteiger partial charge in [-0.15, -0.1) is 0 Å². The molecule has 0 aliphatic heterocycles. The molecule has 28 heavy (non-hydrogen) atoms. The molecule has 0 unspecified atom stereocenters. The lowest BCUT2D eigenvalue weighted by atomic mass is 10.0. The normalized spacial score (nSPS) is 10.2. The van der Waals surface area contributed by atoms with Crippen molar-refractivity contribution in [3.05, 3.63) is 89.5 Å². The van der Waals surface area contributed by atoms with Gasteiger partial charge in [-0.1, -0.05) is 48.5 Å². The number of hydrogen-bond acceptors (Lipinski definition) is 3. The zero-order valence-corrected chi connectivity index (χ0v) is 15.9. The molecule has 5 nitrogen and oxygen atoms in total. The first-order valence-corrected chi connectivity index (χ1v) is 8.97. The number of hydrogen-bond donors (Lipinski definition) is 2. The molecule has 2 N–H and O–H groups in total. The SMILES string of the molecule is Cc1ccc(OCC(=O)NNC(=O)c2ccc(-c3ccccc3)cc2)cc1C. The molecule has 0 heterocycles. The van der Waals surface area contributed by atoms with Crippen LogP contribution < -0.4 is 15.6 Å². The summed E-state index contributed by atoms with van der Waals surface area (Å²) in [6.07, 6.45) is 0. The summed E-state index contributed by atoms with van der Waals surface area (Å²) in [5, 5.41) is 0. The van der Waals surface area contributed by atoms with Crippen molar-refractivity contribution >= 4 is 11.8 Å². The number of amides is 2. The first-order chi connectivity index (χ1) is 13.5. The molecule has 0 saturated heterocycles. The Morgan fingerprint density at radius 2 is 1.46 bits per heavy atom. The highest BCUT2D eigenvalue weighted by Gasteiger charge is 2.09. The van der Waals surface area contributed by atoms with Crippen LogP contribution in [-0.4, -0.2) is 18.4 Å². The Morgan fingerprint density at radius 3 is 2.14 bits per heavy atom. The molecule has 0 aliphatic carbocycles. The molecule has 0 bridgehead atoms. The smallest absolute Gasteiger partial charge is 0.276 e. The summed E-state index contributed by atoms with van der Waals surface area (Å²) in [4.78, 5) is 24.1. The zero-order valence-electron chi connectivity index (χ0n) is 15.9. The third kappa shape index (κ3) is 4.98. The minimum Gasteiger partial charge on any atom is -0.484 e. The lowest BCUT2D eigenvalue weighted by Crippen LogP contribution is -2.43. The van der Waals surface area contributed by atoms with Gasteiger partial charge in [0.05, 0.1) is 0 Å². The molecule has 0 radical (unpaired) electrons. The average molecular weight is 374 g/mol. The van der Waals surface area contributed by atoms with Crippen molar-refractivity contribution in [3.63, 3.8) is 0 Å². The van der Waals surface area contributed by atoms with Crippen molar-refractivity contribution in [1.82, 2.24) is 10.9 Å². The van der Waals surface area contributed by atoms with Gasteiger partial charge in [0.1, 0.15) is 5.75 Å². The van der Waals surface area contributed by atoms with Crippen LogP contribution in [0.15, 0.2) is 72.8 Å². The fourth-order valence-corrected chi connectivity index (χ4v) is 2.63. The van der Waals surface area contributed by atoms with Gasteiger partial charge in [0.25, 0.3) is 11.8 Å². The second-order valence-corrected chi connectivity index (χ2v) is 6.48. The van der Waals surface area contributed by atoms with Gasteiger partial charge in [0.2, 0.25) is 0 Å². The van der Waals surface area contributed by atoms with Gasteiger partial charge >= 0.3 is 0 Å². The van der Waals surface area contributed by atoms with Gasteiger partial charge in [0.15, 0.2) is 6.61 Å². The van der Waals surface area contributed by atoms with E-state index < -0.39 is 5.91 Å². The van der Waals surface area contributed by atoms with E-state index in [2.05, 4.69) is 10.9 Å². The van der Waals surface area contributed by atoms with Crippen molar-refractivity contribution in [3.8, 4) is 16.9 Å². The van der Waals surface area contributed by atoms with Crippen LogP contribution in [0.3, 0.4) is 0 Å². The van der Waals surface area contributed by atoms with E-state index in [0.29, 0.717) is 11.3 Å². The predicted octanol–water partition coefficient (Wildman–Crippen LogP) is 3.81. The fraction of sp³-hybridized carbons (Fsp3) is 0.130. The maximum Gasteiger partial charge on any atom is 0.276 e. The lowest BCUT2D eigenvalue weighted by Gasteiger charge is -2.10. The highest BCUT2D eigenvalue weighted by atomic mass is 16.5. The third-order valence-electron chi connectivity index (χ3n) is 4.42.